The van der Waals surface area contributed by atoms with Crippen molar-refractivity contribution in [2.24, 2.45) is 5.10 Å². The fourth-order valence-electron chi connectivity index (χ4n) is 2.79. The van der Waals surface area contributed by atoms with Gasteiger partial charge in [-0.3, -0.25) is 9.10 Å². The summed E-state index contributed by atoms with van der Waals surface area (Å²) in [5, 5.41) is 4.33. The summed E-state index contributed by atoms with van der Waals surface area (Å²) in [4.78, 5) is 12.6. The minimum Gasteiger partial charge on any atom is -0.496 e. The molecule has 0 aromatic heterocycles. The van der Waals surface area contributed by atoms with Gasteiger partial charge in [0.25, 0.3) is 15.9 Å². The Hall–Kier alpha value is -3.07. The zero-order valence-corrected chi connectivity index (χ0v) is 19.2. The molecule has 0 atom stereocenters. The third kappa shape index (κ3) is 5.59. The number of amides is 1. The van der Waals surface area contributed by atoms with Crippen LogP contribution in [0.1, 0.15) is 5.56 Å². The summed E-state index contributed by atoms with van der Waals surface area (Å²) in [6, 6.07) is 19.2. The first-order chi connectivity index (χ1) is 15.3. The fourth-order valence-corrected chi connectivity index (χ4v) is 4.51. The molecule has 0 saturated carbocycles. The van der Waals surface area contributed by atoms with Crippen LogP contribution in [0.4, 0.5) is 5.69 Å². The second-order valence-corrected chi connectivity index (χ2v) is 9.13. The fraction of sp³-hybridized carbons (Fsp3) is 0.0909. The molecule has 10 heteroatoms. The van der Waals surface area contributed by atoms with Gasteiger partial charge in [0.15, 0.2) is 0 Å². The van der Waals surface area contributed by atoms with Crippen molar-refractivity contribution >= 4 is 51.0 Å². The molecule has 0 aliphatic rings. The zero-order chi connectivity index (χ0) is 23.1. The van der Waals surface area contributed by atoms with Crippen molar-refractivity contribution < 1.29 is 17.9 Å². The third-order valence-corrected chi connectivity index (χ3v) is 6.87. The van der Waals surface area contributed by atoms with Gasteiger partial charge in [0.05, 0.1) is 34.0 Å². The number of para-hydroxylation sites is 1. The molecule has 3 aromatic rings. The van der Waals surface area contributed by atoms with Crippen molar-refractivity contribution in [3.8, 4) is 5.75 Å². The number of methoxy groups -OCH3 is 1. The molecular weight excluding hydrogens is 473 g/mol. The van der Waals surface area contributed by atoms with Gasteiger partial charge in [0, 0.05) is 5.56 Å². The van der Waals surface area contributed by atoms with Crippen molar-refractivity contribution in [3.05, 3.63) is 88.4 Å². The van der Waals surface area contributed by atoms with E-state index in [2.05, 4.69) is 10.5 Å². The van der Waals surface area contributed by atoms with Gasteiger partial charge in [-0.25, -0.2) is 13.8 Å². The largest absolute Gasteiger partial charge is 0.496 e. The number of benzene rings is 3. The molecule has 32 heavy (non-hydrogen) atoms. The average molecular weight is 492 g/mol. The highest BCUT2D eigenvalue weighted by atomic mass is 35.5. The van der Waals surface area contributed by atoms with E-state index in [0.717, 1.165) is 4.31 Å². The second kappa shape index (κ2) is 10.5. The quantitative estimate of drug-likeness (QED) is 0.374. The molecule has 0 aliphatic carbocycles. The molecule has 0 radical (unpaired) electrons. The lowest BCUT2D eigenvalue weighted by Gasteiger charge is -2.24. The lowest BCUT2D eigenvalue weighted by atomic mass is 10.2. The molecular formula is C22H19Cl2N3O4S. The van der Waals surface area contributed by atoms with E-state index >= 15 is 0 Å². The predicted molar refractivity (Wildman–Crippen MR) is 126 cm³/mol. The van der Waals surface area contributed by atoms with Crippen molar-refractivity contribution in [1.82, 2.24) is 5.43 Å². The number of halogens is 2. The highest BCUT2D eigenvalue weighted by molar-refractivity contribution is 7.92. The van der Waals surface area contributed by atoms with E-state index in [0.29, 0.717) is 11.3 Å². The number of carbonyl (C=O) groups excluding carboxylic acids is 1. The summed E-state index contributed by atoms with van der Waals surface area (Å²) in [5.74, 6) is -0.0729. The summed E-state index contributed by atoms with van der Waals surface area (Å²) in [6.45, 7) is -0.529. The molecule has 1 N–H and O–H groups in total. The number of anilines is 1. The van der Waals surface area contributed by atoms with E-state index in [1.807, 2.05) is 0 Å². The molecule has 0 heterocycles. The van der Waals surface area contributed by atoms with E-state index in [-0.39, 0.29) is 20.6 Å². The molecule has 166 valence electrons. The number of hydrazone groups is 1. The number of ether oxygens (including phenoxy) is 1. The van der Waals surface area contributed by atoms with E-state index < -0.39 is 22.5 Å². The minimum atomic E-state index is -4.07. The van der Waals surface area contributed by atoms with Gasteiger partial charge < -0.3 is 4.74 Å². The Morgan fingerprint density at radius 3 is 2.41 bits per heavy atom. The van der Waals surface area contributed by atoms with Crippen LogP contribution in [0.25, 0.3) is 0 Å². The molecule has 3 aromatic carbocycles. The molecule has 0 bridgehead atoms. The number of hydrogen-bond donors (Lipinski definition) is 1. The second-order valence-electron chi connectivity index (χ2n) is 6.46. The van der Waals surface area contributed by atoms with Crippen LogP contribution in [-0.4, -0.2) is 34.2 Å². The van der Waals surface area contributed by atoms with Gasteiger partial charge in [-0.2, -0.15) is 5.10 Å². The van der Waals surface area contributed by atoms with E-state index in [1.54, 1.807) is 42.5 Å². The van der Waals surface area contributed by atoms with Crippen LogP contribution in [0.2, 0.25) is 10.0 Å². The number of carbonyl (C=O) groups is 1. The van der Waals surface area contributed by atoms with Crippen LogP contribution in [0.5, 0.6) is 5.75 Å². The number of hydrogen-bond acceptors (Lipinski definition) is 5. The SMILES string of the molecule is COc1ccccc1/C=N\NC(=O)CN(c1ccc(Cl)c(Cl)c1)S(=O)(=O)c1ccccc1. The lowest BCUT2D eigenvalue weighted by Crippen LogP contribution is -2.39. The first-order valence-electron chi connectivity index (χ1n) is 9.30. The van der Waals surface area contributed by atoms with Crippen LogP contribution in [0.3, 0.4) is 0 Å². The van der Waals surface area contributed by atoms with E-state index in [9.17, 15) is 13.2 Å². The Balaban J connectivity index is 1.86. The predicted octanol–water partition coefficient (Wildman–Crippen LogP) is 4.35. The van der Waals surface area contributed by atoms with Gasteiger partial charge in [-0.15, -0.1) is 0 Å². The summed E-state index contributed by atoms with van der Waals surface area (Å²) in [5.41, 5.74) is 3.18. The number of nitrogens with one attached hydrogen (secondary N) is 1. The Labute approximate surface area is 196 Å². The van der Waals surface area contributed by atoms with Crippen molar-refractivity contribution in [2.45, 2.75) is 4.90 Å². The number of nitrogens with zero attached hydrogens (tertiary/aromatic N) is 2. The van der Waals surface area contributed by atoms with Gasteiger partial charge >= 0.3 is 0 Å². The Kier molecular flexibility index (Phi) is 7.74. The Morgan fingerprint density at radius 1 is 1.03 bits per heavy atom. The maximum Gasteiger partial charge on any atom is 0.264 e. The highest BCUT2D eigenvalue weighted by Crippen LogP contribution is 2.30. The van der Waals surface area contributed by atoms with Crippen molar-refractivity contribution in [2.75, 3.05) is 18.0 Å². The normalized spacial score (nSPS) is 11.3. The van der Waals surface area contributed by atoms with Gasteiger partial charge in [0.1, 0.15) is 12.3 Å². The van der Waals surface area contributed by atoms with Crippen LogP contribution >= 0.6 is 23.2 Å². The molecule has 7 nitrogen and oxygen atoms in total. The molecule has 0 saturated heterocycles. The Bertz CT molecular complexity index is 1230. The highest BCUT2D eigenvalue weighted by Gasteiger charge is 2.27. The van der Waals surface area contributed by atoms with Crippen LogP contribution in [0, 0.1) is 0 Å². The summed E-state index contributed by atoms with van der Waals surface area (Å²) < 4.78 is 32.7. The summed E-state index contributed by atoms with van der Waals surface area (Å²) in [6.07, 6.45) is 1.41. The van der Waals surface area contributed by atoms with Gasteiger partial charge in [-0.1, -0.05) is 53.5 Å². The lowest BCUT2D eigenvalue weighted by molar-refractivity contribution is -0.119. The van der Waals surface area contributed by atoms with Crippen molar-refractivity contribution in [3.63, 3.8) is 0 Å². The number of rotatable bonds is 8. The van der Waals surface area contributed by atoms with Crippen LogP contribution in [-0.2, 0) is 14.8 Å². The molecule has 1 amide bonds. The maximum atomic E-state index is 13.3. The van der Waals surface area contributed by atoms with Crippen LogP contribution < -0.4 is 14.5 Å². The molecule has 0 aliphatic heterocycles. The minimum absolute atomic E-state index is 0.0244. The van der Waals surface area contributed by atoms with Gasteiger partial charge in [-0.05, 0) is 42.5 Å². The summed E-state index contributed by atoms with van der Waals surface area (Å²) >= 11 is 12.0. The monoisotopic (exact) mass is 491 g/mol. The molecule has 0 fully saturated rings. The first kappa shape index (κ1) is 23.6. The smallest absolute Gasteiger partial charge is 0.264 e. The standard InChI is InChI=1S/C22H19Cl2N3O4S/c1-31-21-10-6-5-7-16(21)14-25-26-22(28)15-27(17-11-12-19(23)20(24)13-17)32(29,30)18-8-3-2-4-9-18/h2-14H,15H2,1H3,(H,26,28)/b25-14-. The van der Waals surface area contributed by atoms with Gasteiger partial charge in [0.2, 0.25) is 0 Å². The summed E-state index contributed by atoms with van der Waals surface area (Å²) in [7, 11) is -2.55. The molecule has 0 spiro atoms. The molecule has 0 unspecified atom stereocenters. The average Bonchev–Trinajstić information content (AvgIpc) is 2.80. The van der Waals surface area contributed by atoms with E-state index in [1.165, 1.54) is 43.7 Å². The first-order valence-corrected chi connectivity index (χ1v) is 11.5. The number of sulfonamides is 1. The zero-order valence-electron chi connectivity index (χ0n) is 16.9. The van der Waals surface area contributed by atoms with Crippen LogP contribution in [0.15, 0.2) is 82.8 Å². The molecule has 3 rings (SSSR count). The van der Waals surface area contributed by atoms with Crippen molar-refractivity contribution in [1.29, 1.82) is 0 Å². The Morgan fingerprint density at radius 2 is 1.72 bits per heavy atom. The maximum absolute atomic E-state index is 13.3. The third-order valence-electron chi connectivity index (χ3n) is 4.34. The topological polar surface area (TPSA) is 88.1 Å². The van der Waals surface area contributed by atoms with E-state index in [4.69, 9.17) is 27.9 Å².